The van der Waals surface area contributed by atoms with Crippen LogP contribution in [0, 0.1) is 0 Å². The standard InChI is InChI=1S/C18H40OSi2/c1-8-20(9-2,10-3)17(7)16-18(14-15-19)21(11-4,12-5)13-6/h15,17-18H,8-14,16H2,1-7H3/t17-,18+/m1/s1. The highest BCUT2D eigenvalue weighted by atomic mass is 28.3. The lowest BCUT2D eigenvalue weighted by Gasteiger charge is -2.42. The third kappa shape index (κ3) is 4.79. The van der Waals surface area contributed by atoms with E-state index in [0.29, 0.717) is 0 Å². The third-order valence-corrected chi connectivity index (χ3v) is 20.1. The molecular weight excluding hydrogens is 288 g/mol. The van der Waals surface area contributed by atoms with Crippen LogP contribution in [0.25, 0.3) is 0 Å². The van der Waals surface area contributed by atoms with E-state index in [1.807, 2.05) is 0 Å². The Labute approximate surface area is 136 Å². The predicted octanol–water partition coefficient (Wildman–Crippen LogP) is 6.74. The molecule has 0 spiro atoms. The molecule has 0 aromatic carbocycles. The van der Waals surface area contributed by atoms with Crippen LogP contribution >= 0.6 is 0 Å². The zero-order valence-electron chi connectivity index (χ0n) is 15.8. The van der Waals surface area contributed by atoms with Crippen molar-refractivity contribution in [1.29, 1.82) is 0 Å². The first-order valence-corrected chi connectivity index (χ1v) is 14.8. The molecule has 0 amide bonds. The van der Waals surface area contributed by atoms with Gasteiger partial charge in [0.1, 0.15) is 6.29 Å². The van der Waals surface area contributed by atoms with Crippen molar-refractivity contribution in [3.63, 3.8) is 0 Å². The van der Waals surface area contributed by atoms with Crippen LogP contribution in [0.4, 0.5) is 0 Å². The van der Waals surface area contributed by atoms with E-state index < -0.39 is 16.1 Å². The van der Waals surface area contributed by atoms with Crippen LogP contribution in [0.2, 0.25) is 47.3 Å². The molecule has 1 nitrogen and oxygen atoms in total. The summed E-state index contributed by atoms with van der Waals surface area (Å²) in [5, 5.41) is 0. The Morgan fingerprint density at radius 2 is 1.14 bits per heavy atom. The van der Waals surface area contributed by atoms with Crippen molar-refractivity contribution in [2.45, 2.75) is 109 Å². The lowest BCUT2D eigenvalue weighted by atomic mass is 10.2. The molecule has 0 rings (SSSR count). The van der Waals surface area contributed by atoms with Crippen LogP contribution in [0.3, 0.4) is 0 Å². The summed E-state index contributed by atoms with van der Waals surface area (Å²) >= 11 is 0. The summed E-state index contributed by atoms with van der Waals surface area (Å²) in [6.45, 7) is 16.9. The second-order valence-electron chi connectivity index (χ2n) is 7.08. The molecule has 0 N–H and O–H groups in total. The van der Waals surface area contributed by atoms with Gasteiger partial charge in [-0.1, -0.05) is 91.2 Å². The summed E-state index contributed by atoms with van der Waals surface area (Å²) < 4.78 is 0. The molecule has 0 aliphatic rings. The Hall–Kier alpha value is 0.104. The van der Waals surface area contributed by atoms with Crippen molar-refractivity contribution in [1.82, 2.24) is 0 Å². The van der Waals surface area contributed by atoms with Crippen molar-refractivity contribution < 1.29 is 4.79 Å². The van der Waals surface area contributed by atoms with Gasteiger partial charge in [0.25, 0.3) is 0 Å². The van der Waals surface area contributed by atoms with Crippen LogP contribution in [0.1, 0.15) is 61.3 Å². The van der Waals surface area contributed by atoms with E-state index in [9.17, 15) is 4.79 Å². The first-order valence-electron chi connectivity index (χ1n) is 9.39. The summed E-state index contributed by atoms with van der Waals surface area (Å²) in [7, 11) is -2.38. The molecule has 0 fully saturated rings. The zero-order chi connectivity index (χ0) is 16.5. The van der Waals surface area contributed by atoms with Gasteiger partial charge in [0.05, 0.1) is 16.1 Å². The number of hydrogen-bond acceptors (Lipinski definition) is 1. The Morgan fingerprint density at radius 1 is 0.762 bits per heavy atom. The van der Waals surface area contributed by atoms with E-state index in [1.165, 1.54) is 49.0 Å². The fraction of sp³-hybridized carbons (Fsp3) is 0.944. The van der Waals surface area contributed by atoms with Gasteiger partial charge in [0, 0.05) is 6.42 Å². The first-order chi connectivity index (χ1) is 9.95. The van der Waals surface area contributed by atoms with Crippen LogP contribution in [-0.4, -0.2) is 22.4 Å². The zero-order valence-corrected chi connectivity index (χ0v) is 17.8. The molecule has 0 aromatic heterocycles. The molecule has 0 bridgehead atoms. The van der Waals surface area contributed by atoms with E-state index in [0.717, 1.165) is 17.5 Å². The molecule has 3 heteroatoms. The lowest BCUT2D eigenvalue weighted by molar-refractivity contribution is -0.107. The van der Waals surface area contributed by atoms with Crippen molar-refractivity contribution in [2.75, 3.05) is 0 Å². The number of carbonyl (C=O) groups excluding carboxylic acids is 1. The van der Waals surface area contributed by atoms with E-state index in [4.69, 9.17) is 0 Å². The molecule has 0 saturated carbocycles. The monoisotopic (exact) mass is 328 g/mol. The number of aldehydes is 1. The van der Waals surface area contributed by atoms with Gasteiger partial charge in [-0.15, -0.1) is 0 Å². The molecular formula is C18H40OSi2. The number of carbonyl (C=O) groups is 1. The molecule has 2 atom stereocenters. The minimum absolute atomic E-state index is 0.724. The fourth-order valence-electron chi connectivity index (χ4n) is 4.80. The van der Waals surface area contributed by atoms with Crippen LogP contribution in [0.15, 0.2) is 0 Å². The van der Waals surface area contributed by atoms with Crippen molar-refractivity contribution in [3.05, 3.63) is 0 Å². The molecule has 0 heterocycles. The second-order valence-corrected chi connectivity index (χ2v) is 18.6. The summed E-state index contributed by atoms with van der Waals surface area (Å²) in [5.74, 6) is 0. The SMILES string of the molecule is CC[Si](CC)(CC)[C@@H](CC=O)C[C@@H](C)[Si](CC)(CC)CC. The molecule has 21 heavy (non-hydrogen) atoms. The smallest absolute Gasteiger partial charge is 0.119 e. The summed E-state index contributed by atoms with van der Waals surface area (Å²) in [6, 6.07) is 8.29. The fourth-order valence-corrected chi connectivity index (χ4v) is 14.1. The molecule has 126 valence electrons. The largest absolute Gasteiger partial charge is 0.303 e. The van der Waals surface area contributed by atoms with Crippen LogP contribution in [0.5, 0.6) is 0 Å². The lowest BCUT2D eigenvalue weighted by Crippen LogP contribution is -2.42. The van der Waals surface area contributed by atoms with Gasteiger partial charge in [-0.05, 0) is 11.1 Å². The highest BCUT2D eigenvalue weighted by Gasteiger charge is 2.40. The second kappa shape index (κ2) is 9.99. The van der Waals surface area contributed by atoms with Gasteiger partial charge in [0.2, 0.25) is 0 Å². The predicted molar refractivity (Wildman–Crippen MR) is 103 cm³/mol. The highest BCUT2D eigenvalue weighted by Crippen LogP contribution is 2.45. The van der Waals surface area contributed by atoms with Crippen LogP contribution in [-0.2, 0) is 4.79 Å². The minimum atomic E-state index is -1.26. The summed E-state index contributed by atoms with van der Waals surface area (Å²) in [4.78, 5) is 11.3. The third-order valence-electron chi connectivity index (χ3n) is 7.15. The number of hydrogen-bond donors (Lipinski definition) is 0. The summed E-state index contributed by atoms with van der Waals surface area (Å²) in [5.41, 5.74) is 1.60. The Bertz CT molecular complexity index is 266. The molecule has 0 aliphatic heterocycles. The van der Waals surface area contributed by atoms with E-state index >= 15 is 0 Å². The number of rotatable bonds is 12. The van der Waals surface area contributed by atoms with Gasteiger partial charge in [-0.2, -0.15) is 0 Å². The minimum Gasteiger partial charge on any atom is -0.303 e. The summed E-state index contributed by atoms with van der Waals surface area (Å²) in [6.07, 6.45) is 3.38. The average Bonchev–Trinajstić information content (AvgIpc) is 2.52. The van der Waals surface area contributed by atoms with E-state index in [1.54, 1.807) is 0 Å². The molecule has 0 radical (unpaired) electrons. The topological polar surface area (TPSA) is 17.1 Å². The Balaban J connectivity index is 5.28. The van der Waals surface area contributed by atoms with Gasteiger partial charge in [-0.25, -0.2) is 0 Å². The normalized spacial score (nSPS) is 15.8. The quantitative estimate of drug-likeness (QED) is 0.286. The maximum Gasteiger partial charge on any atom is 0.119 e. The highest BCUT2D eigenvalue weighted by molar-refractivity contribution is 6.82. The van der Waals surface area contributed by atoms with Gasteiger partial charge in [-0.3, -0.25) is 0 Å². The maximum atomic E-state index is 11.3. The Morgan fingerprint density at radius 3 is 1.43 bits per heavy atom. The van der Waals surface area contributed by atoms with Gasteiger partial charge in [0.15, 0.2) is 0 Å². The molecule has 0 aromatic rings. The average molecular weight is 329 g/mol. The van der Waals surface area contributed by atoms with E-state index in [2.05, 4.69) is 48.5 Å². The first kappa shape index (κ1) is 21.1. The maximum absolute atomic E-state index is 11.3. The van der Waals surface area contributed by atoms with Gasteiger partial charge >= 0.3 is 0 Å². The Kier molecular flexibility index (Phi) is 10.0. The molecule has 0 aliphatic carbocycles. The van der Waals surface area contributed by atoms with Gasteiger partial charge < -0.3 is 4.79 Å². The van der Waals surface area contributed by atoms with Crippen molar-refractivity contribution >= 4 is 22.4 Å². The van der Waals surface area contributed by atoms with Crippen molar-refractivity contribution in [2.24, 2.45) is 0 Å². The van der Waals surface area contributed by atoms with E-state index in [-0.39, 0.29) is 0 Å². The molecule has 0 unspecified atom stereocenters. The van der Waals surface area contributed by atoms with Crippen LogP contribution < -0.4 is 0 Å². The molecule has 0 saturated heterocycles. The van der Waals surface area contributed by atoms with Crippen molar-refractivity contribution in [3.8, 4) is 0 Å².